The summed E-state index contributed by atoms with van der Waals surface area (Å²) in [6, 6.07) is 22.2. The maximum Gasteiger partial charge on any atom is 0.460 e. The van der Waals surface area contributed by atoms with Gasteiger partial charge in [0.1, 0.15) is 16.7 Å². The van der Waals surface area contributed by atoms with Crippen LogP contribution < -0.4 is 32.3 Å². The van der Waals surface area contributed by atoms with E-state index in [0.29, 0.717) is 27.5 Å². The van der Waals surface area contributed by atoms with E-state index < -0.39 is 78.3 Å². The van der Waals surface area contributed by atoms with Crippen LogP contribution in [0.25, 0.3) is 32.9 Å². The monoisotopic (exact) mass is 966 g/mol. The number of fused-ring (bicyclic) bond motifs is 3. The highest BCUT2D eigenvalue weighted by molar-refractivity contribution is 7.86. The molecule has 0 radical (unpaired) electrons. The third-order valence-electron chi connectivity index (χ3n) is 7.35. The predicted octanol–water partition coefficient (Wildman–Crippen LogP) is 5.68. The molecule has 5 aromatic rings. The fourth-order valence-corrected chi connectivity index (χ4v) is 7.15. The predicted molar refractivity (Wildman–Crippen MR) is 150 cm³/mol. The summed E-state index contributed by atoms with van der Waals surface area (Å²) >= 11 is -0.530. The number of benzene rings is 3. The van der Waals surface area contributed by atoms with Crippen molar-refractivity contribution in [3.63, 3.8) is 0 Å². The lowest BCUT2D eigenvalue weighted by atomic mass is 9.91. The summed E-state index contributed by atoms with van der Waals surface area (Å²) < 4.78 is 257. The van der Waals surface area contributed by atoms with Gasteiger partial charge in [0.05, 0.1) is 10.8 Å². The van der Waals surface area contributed by atoms with E-state index in [2.05, 4.69) is 0 Å². The SMILES string of the molecule is O=S(=O)([O-])C(F)(F)C(F)(F)C(F)(F)C(F)(F)C(F)(F)C(F)(F)C(F)(F)C(F)(F)F.O=c1ccc2ccc([I+]c3ccc4oc5ccccc5c(=O)c4c3)cc2o1. The van der Waals surface area contributed by atoms with E-state index in [4.69, 9.17) is 8.83 Å². The molecule has 2 heterocycles. The average Bonchev–Trinajstić information content (AvgIpc) is 3.07. The second-order valence-corrected chi connectivity index (χ2v) is 15.5. The Labute approximate surface area is 307 Å². The lowest BCUT2D eigenvalue weighted by Gasteiger charge is -2.42. The van der Waals surface area contributed by atoms with Gasteiger partial charge in [-0.3, -0.25) is 4.79 Å². The third-order valence-corrected chi connectivity index (χ3v) is 10.8. The summed E-state index contributed by atoms with van der Waals surface area (Å²) in [5.41, 5.74) is 1.42. The minimum absolute atomic E-state index is 0.0118. The van der Waals surface area contributed by atoms with Crippen molar-refractivity contribution in [3.8, 4) is 0 Å². The largest absolute Gasteiger partial charge is 0.743 e. The molecule has 306 valence electrons. The zero-order valence-electron chi connectivity index (χ0n) is 26.0. The first kappa shape index (κ1) is 44.5. The fourth-order valence-electron chi connectivity index (χ4n) is 4.36. The summed E-state index contributed by atoms with van der Waals surface area (Å²) in [6.07, 6.45) is -7.89. The van der Waals surface area contributed by atoms with Crippen LogP contribution in [0.3, 0.4) is 0 Å². The van der Waals surface area contributed by atoms with Crippen molar-refractivity contribution in [1.82, 2.24) is 0 Å². The Morgan fingerprint density at radius 2 is 0.964 bits per heavy atom. The summed E-state index contributed by atoms with van der Waals surface area (Å²) in [5, 5.41) is -5.87. The highest BCUT2D eigenvalue weighted by atomic mass is 127. The lowest BCUT2D eigenvalue weighted by molar-refractivity contribution is -0.597. The van der Waals surface area contributed by atoms with E-state index in [1.165, 1.54) is 6.07 Å². The third kappa shape index (κ3) is 7.04. The molecule has 0 saturated carbocycles. The molecule has 3 aromatic carbocycles. The smallest absolute Gasteiger partial charge is 0.460 e. The van der Waals surface area contributed by atoms with Crippen LogP contribution in [0.2, 0.25) is 0 Å². The summed E-state index contributed by atoms with van der Waals surface area (Å²) in [5.74, 6) is -52.1. The van der Waals surface area contributed by atoms with E-state index >= 15 is 0 Å². The summed E-state index contributed by atoms with van der Waals surface area (Å²) in [4.78, 5) is 24.2. The molecule has 0 saturated heterocycles. The van der Waals surface area contributed by atoms with Crippen LogP contribution in [0.1, 0.15) is 0 Å². The number of alkyl halides is 17. The molecule has 5 rings (SSSR count). The number of rotatable bonds is 9. The maximum atomic E-state index is 13.0. The van der Waals surface area contributed by atoms with Gasteiger partial charge in [-0.2, -0.15) is 74.6 Å². The first-order valence-electron chi connectivity index (χ1n) is 14.0. The van der Waals surface area contributed by atoms with Crippen molar-refractivity contribution in [2.24, 2.45) is 0 Å². The van der Waals surface area contributed by atoms with E-state index in [1.54, 1.807) is 18.2 Å². The van der Waals surface area contributed by atoms with Gasteiger partial charge in [0.25, 0.3) is 0 Å². The van der Waals surface area contributed by atoms with Crippen molar-refractivity contribution in [2.45, 2.75) is 47.0 Å². The molecule has 0 aliphatic rings. The van der Waals surface area contributed by atoms with Gasteiger partial charge in [0.2, 0.25) is 5.43 Å². The van der Waals surface area contributed by atoms with Gasteiger partial charge in [-0.05, 0) is 42.5 Å². The van der Waals surface area contributed by atoms with E-state index in [0.717, 1.165) is 12.5 Å². The van der Waals surface area contributed by atoms with E-state index in [-0.39, 0.29) is 11.1 Å². The average molecular weight is 966 g/mol. The molecule has 0 bridgehead atoms. The van der Waals surface area contributed by atoms with Gasteiger partial charge < -0.3 is 13.4 Å². The van der Waals surface area contributed by atoms with Gasteiger partial charge in [0.15, 0.2) is 17.3 Å². The highest BCUT2D eigenvalue weighted by Crippen LogP contribution is 2.64. The van der Waals surface area contributed by atoms with E-state index in [9.17, 15) is 97.2 Å². The molecule has 56 heavy (non-hydrogen) atoms. The molecule has 0 aliphatic heterocycles. The molecule has 7 nitrogen and oxygen atoms in total. The first-order valence-corrected chi connectivity index (χ1v) is 17.5. The molecule has 0 atom stereocenters. The number of halogens is 18. The van der Waals surface area contributed by atoms with Crippen molar-refractivity contribution in [2.75, 3.05) is 0 Å². The van der Waals surface area contributed by atoms with Crippen molar-refractivity contribution < 1.29 is 118 Å². The zero-order chi connectivity index (χ0) is 42.9. The van der Waals surface area contributed by atoms with Crippen LogP contribution in [0.15, 0.2) is 91.2 Å². The Morgan fingerprint density at radius 3 is 1.52 bits per heavy atom. The number of para-hydroxylation sites is 1. The van der Waals surface area contributed by atoms with Gasteiger partial charge in [-0.25, -0.2) is 13.2 Å². The Balaban J connectivity index is 0.000000249. The highest BCUT2D eigenvalue weighted by Gasteiger charge is 2.95. The number of hydrogen-bond donors (Lipinski definition) is 0. The Bertz CT molecular complexity index is 2530. The standard InChI is InChI=1S/C22H12IO4.C8HF17O3S/c24-21-10-6-13-5-7-15(12-20(13)27-21)23-14-8-9-19-17(11-14)22(25)16-3-1-2-4-18(16)26-19;9-1(10,3(13,14)5(17,18)7(21,22)23)2(11,12)4(15,16)6(19,20)8(24,25)29(26,27)28/h1-12H;(H,26,27,28)/q+1;/p-1. The van der Waals surface area contributed by atoms with E-state index in [1.807, 2.05) is 48.5 Å². The van der Waals surface area contributed by atoms with Crippen molar-refractivity contribution in [1.29, 1.82) is 0 Å². The molecule has 26 heteroatoms. The topological polar surface area (TPSA) is 118 Å². The van der Waals surface area contributed by atoms with Crippen LogP contribution in [0.5, 0.6) is 0 Å². The number of hydrogen-bond acceptors (Lipinski definition) is 7. The van der Waals surface area contributed by atoms with Crippen LogP contribution in [-0.2, 0) is 10.1 Å². The summed E-state index contributed by atoms with van der Waals surface area (Å²) in [6.45, 7) is 0. The second kappa shape index (κ2) is 14.0. The molecule has 0 unspecified atom stereocenters. The molecule has 0 N–H and O–H groups in total. The Morgan fingerprint density at radius 1 is 0.500 bits per heavy atom. The van der Waals surface area contributed by atoms with Crippen LogP contribution in [0.4, 0.5) is 74.6 Å². The molecule has 2 aromatic heterocycles. The Hall–Kier alpha value is -4.21. The minimum atomic E-state index is -8.92. The second-order valence-electron chi connectivity index (χ2n) is 11.0. The maximum absolute atomic E-state index is 13.0. The van der Waals surface area contributed by atoms with Gasteiger partial charge >= 0.3 is 73.8 Å². The van der Waals surface area contributed by atoms with Crippen molar-refractivity contribution in [3.05, 3.63) is 101 Å². The molecule has 0 amide bonds. The summed E-state index contributed by atoms with van der Waals surface area (Å²) in [7, 11) is -8.14. The van der Waals surface area contributed by atoms with Crippen LogP contribution >= 0.6 is 0 Å². The van der Waals surface area contributed by atoms with Gasteiger partial charge in [-0.1, -0.05) is 12.1 Å². The first-order chi connectivity index (χ1) is 25.2. The van der Waals surface area contributed by atoms with Gasteiger partial charge in [-0.15, -0.1) is 0 Å². The quantitative estimate of drug-likeness (QED) is 0.0614. The van der Waals surface area contributed by atoms with Crippen LogP contribution in [-0.4, -0.2) is 59.9 Å². The zero-order valence-corrected chi connectivity index (χ0v) is 29.0. The van der Waals surface area contributed by atoms with Gasteiger partial charge in [0, 0.05) is 23.6 Å². The molecule has 0 aliphatic carbocycles. The minimum Gasteiger partial charge on any atom is -0.743 e. The van der Waals surface area contributed by atoms with Crippen LogP contribution in [0, 0.1) is 7.14 Å². The fraction of sp³-hybridized carbons (Fsp3) is 0.267. The normalized spacial score (nSPS) is 14.2. The molecule has 0 fully saturated rings. The Kier molecular flexibility index (Phi) is 11.1. The molecular formula is C30H12F17IO7S. The molecular weight excluding hydrogens is 954 g/mol. The molecule has 0 spiro atoms. The van der Waals surface area contributed by atoms with Crippen molar-refractivity contribution >= 4 is 43.0 Å². The lowest BCUT2D eigenvalue weighted by Crippen LogP contribution is -3.61.